The lowest BCUT2D eigenvalue weighted by Gasteiger charge is -2.18. The Bertz CT molecular complexity index is 862. The first-order valence-corrected chi connectivity index (χ1v) is 8.71. The second-order valence-corrected chi connectivity index (χ2v) is 6.88. The molecule has 2 amide bonds. The average molecular weight is 391 g/mol. The van der Waals surface area contributed by atoms with Crippen molar-refractivity contribution < 1.29 is 22.8 Å². The highest BCUT2D eigenvalue weighted by Crippen LogP contribution is 2.32. The van der Waals surface area contributed by atoms with Crippen LogP contribution in [0.25, 0.3) is 0 Å². The monoisotopic (exact) mass is 391 g/mol. The van der Waals surface area contributed by atoms with Crippen molar-refractivity contribution in [1.82, 2.24) is 0 Å². The quantitative estimate of drug-likeness (QED) is 0.864. The lowest BCUT2D eigenvalue weighted by molar-refractivity contribution is -0.137. The zero-order chi connectivity index (χ0) is 20.5. The number of carbonyl (C=O) groups is 2. The van der Waals surface area contributed by atoms with Gasteiger partial charge in [-0.05, 0) is 48.5 Å². The van der Waals surface area contributed by atoms with Gasteiger partial charge in [-0.2, -0.15) is 13.2 Å². The average Bonchev–Trinajstić information content (AvgIpc) is 3.03. The van der Waals surface area contributed by atoms with Crippen LogP contribution in [0.15, 0.2) is 48.5 Å². The Labute approximate surface area is 160 Å². The summed E-state index contributed by atoms with van der Waals surface area (Å²) >= 11 is 0. The number of nitrogens with one attached hydrogen (secondary N) is 1. The lowest BCUT2D eigenvalue weighted by Crippen LogP contribution is -2.28. The fraction of sp³-hybridized carbons (Fsp3) is 0.300. The highest BCUT2D eigenvalue weighted by atomic mass is 19.4. The maximum absolute atomic E-state index is 12.7. The normalized spacial score (nSPS) is 17.0. The maximum atomic E-state index is 12.7. The third kappa shape index (κ3) is 4.27. The van der Waals surface area contributed by atoms with Gasteiger partial charge in [-0.3, -0.25) is 9.59 Å². The Morgan fingerprint density at radius 3 is 2.21 bits per heavy atom. The van der Waals surface area contributed by atoms with Gasteiger partial charge in [-0.25, -0.2) is 0 Å². The molecule has 1 N–H and O–H groups in total. The van der Waals surface area contributed by atoms with Crippen LogP contribution in [0.4, 0.5) is 30.2 Å². The van der Waals surface area contributed by atoms with E-state index in [1.807, 2.05) is 31.1 Å². The summed E-state index contributed by atoms with van der Waals surface area (Å²) in [7, 11) is 3.82. The second-order valence-electron chi connectivity index (χ2n) is 6.88. The summed E-state index contributed by atoms with van der Waals surface area (Å²) in [5.74, 6) is -1.15. The SMILES string of the molecule is CN(C)c1ccc(NC(=O)C2CC(=O)N(c3ccc(C(F)(F)F)cc3)C2)cc1. The number of anilines is 3. The molecule has 28 heavy (non-hydrogen) atoms. The third-order valence-electron chi connectivity index (χ3n) is 4.65. The van der Waals surface area contributed by atoms with Gasteiger partial charge < -0.3 is 15.1 Å². The Morgan fingerprint density at radius 2 is 1.68 bits per heavy atom. The molecule has 1 aliphatic heterocycles. The minimum Gasteiger partial charge on any atom is -0.378 e. The largest absolute Gasteiger partial charge is 0.416 e. The van der Waals surface area contributed by atoms with E-state index in [1.165, 1.54) is 17.0 Å². The van der Waals surface area contributed by atoms with E-state index in [4.69, 9.17) is 0 Å². The molecular weight excluding hydrogens is 371 g/mol. The van der Waals surface area contributed by atoms with Gasteiger partial charge in [0.25, 0.3) is 0 Å². The second kappa shape index (κ2) is 7.53. The number of rotatable bonds is 4. The van der Waals surface area contributed by atoms with Gasteiger partial charge in [0, 0.05) is 44.1 Å². The number of halogens is 3. The number of carbonyl (C=O) groups excluding carboxylic acids is 2. The van der Waals surface area contributed by atoms with E-state index >= 15 is 0 Å². The summed E-state index contributed by atoms with van der Waals surface area (Å²) in [6.45, 7) is 0.131. The Balaban J connectivity index is 1.65. The van der Waals surface area contributed by atoms with Crippen LogP contribution in [0.2, 0.25) is 0 Å². The van der Waals surface area contributed by atoms with Crippen LogP contribution < -0.4 is 15.1 Å². The smallest absolute Gasteiger partial charge is 0.378 e. The van der Waals surface area contributed by atoms with E-state index in [9.17, 15) is 22.8 Å². The molecule has 2 aromatic carbocycles. The van der Waals surface area contributed by atoms with Crippen LogP contribution in [0.1, 0.15) is 12.0 Å². The number of hydrogen-bond acceptors (Lipinski definition) is 3. The van der Waals surface area contributed by atoms with E-state index < -0.39 is 17.7 Å². The summed E-state index contributed by atoms with van der Waals surface area (Å²) in [4.78, 5) is 28.0. The van der Waals surface area contributed by atoms with E-state index in [0.29, 0.717) is 11.4 Å². The summed E-state index contributed by atoms with van der Waals surface area (Å²) in [6.07, 6.45) is -4.42. The molecule has 148 valence electrons. The molecule has 3 rings (SSSR count). The Hall–Kier alpha value is -3.03. The van der Waals surface area contributed by atoms with Crippen molar-refractivity contribution >= 4 is 28.9 Å². The third-order valence-corrected chi connectivity index (χ3v) is 4.65. The van der Waals surface area contributed by atoms with E-state index in [1.54, 1.807) is 12.1 Å². The molecule has 1 heterocycles. The van der Waals surface area contributed by atoms with E-state index in [2.05, 4.69) is 5.32 Å². The van der Waals surface area contributed by atoms with Crippen LogP contribution >= 0.6 is 0 Å². The molecule has 0 saturated carbocycles. The number of alkyl halides is 3. The molecule has 8 heteroatoms. The van der Waals surface area contributed by atoms with Crippen molar-refractivity contribution in [3.8, 4) is 0 Å². The molecule has 2 aromatic rings. The summed E-state index contributed by atoms with van der Waals surface area (Å²) in [5, 5.41) is 2.79. The van der Waals surface area contributed by atoms with Gasteiger partial charge in [0.05, 0.1) is 11.5 Å². The maximum Gasteiger partial charge on any atom is 0.416 e. The lowest BCUT2D eigenvalue weighted by atomic mass is 10.1. The van der Waals surface area contributed by atoms with Crippen molar-refractivity contribution in [2.45, 2.75) is 12.6 Å². The highest BCUT2D eigenvalue weighted by Gasteiger charge is 2.36. The van der Waals surface area contributed by atoms with Crippen LogP contribution in [-0.2, 0) is 15.8 Å². The molecule has 1 fully saturated rings. The van der Waals surface area contributed by atoms with Crippen molar-refractivity contribution in [3.05, 3.63) is 54.1 Å². The van der Waals surface area contributed by atoms with Crippen LogP contribution in [0.3, 0.4) is 0 Å². The number of amides is 2. The van der Waals surface area contributed by atoms with E-state index in [-0.39, 0.29) is 24.8 Å². The van der Waals surface area contributed by atoms with Crippen LogP contribution in [0, 0.1) is 5.92 Å². The molecule has 0 radical (unpaired) electrons. The predicted octanol–water partition coefficient (Wildman–Crippen LogP) is 3.76. The molecule has 0 aromatic heterocycles. The summed E-state index contributed by atoms with van der Waals surface area (Å²) < 4.78 is 38.0. The molecular formula is C20H20F3N3O2. The van der Waals surface area contributed by atoms with Crippen molar-refractivity contribution in [2.75, 3.05) is 35.8 Å². The topological polar surface area (TPSA) is 52.7 Å². The van der Waals surface area contributed by atoms with Gasteiger partial charge in [-0.15, -0.1) is 0 Å². The first kappa shape index (κ1) is 19.7. The van der Waals surface area contributed by atoms with Gasteiger partial charge in [0.1, 0.15) is 0 Å². The van der Waals surface area contributed by atoms with Gasteiger partial charge in [0.2, 0.25) is 11.8 Å². The standard InChI is InChI=1S/C20H20F3N3O2/c1-25(2)16-9-5-15(6-10-16)24-19(28)13-11-18(27)26(12-13)17-7-3-14(4-8-17)20(21,22)23/h3-10,13H,11-12H2,1-2H3,(H,24,28). The summed E-state index contributed by atoms with van der Waals surface area (Å²) in [6, 6.07) is 11.6. The van der Waals surface area contributed by atoms with Gasteiger partial charge >= 0.3 is 6.18 Å². The number of benzene rings is 2. The first-order valence-electron chi connectivity index (χ1n) is 8.71. The highest BCUT2D eigenvalue weighted by molar-refractivity contribution is 6.03. The molecule has 1 saturated heterocycles. The van der Waals surface area contributed by atoms with Gasteiger partial charge in [0.15, 0.2) is 0 Å². The number of nitrogens with zero attached hydrogens (tertiary/aromatic N) is 2. The molecule has 0 aliphatic carbocycles. The Morgan fingerprint density at radius 1 is 1.07 bits per heavy atom. The fourth-order valence-corrected chi connectivity index (χ4v) is 3.05. The van der Waals surface area contributed by atoms with Gasteiger partial charge in [-0.1, -0.05) is 0 Å². The molecule has 1 aliphatic rings. The molecule has 0 spiro atoms. The number of hydrogen-bond donors (Lipinski definition) is 1. The van der Waals surface area contributed by atoms with Crippen molar-refractivity contribution in [3.63, 3.8) is 0 Å². The zero-order valence-corrected chi connectivity index (χ0v) is 15.5. The molecule has 0 bridgehead atoms. The minimum absolute atomic E-state index is 0.0165. The fourth-order valence-electron chi connectivity index (χ4n) is 3.05. The predicted molar refractivity (Wildman–Crippen MR) is 101 cm³/mol. The van der Waals surface area contributed by atoms with Crippen LogP contribution in [0.5, 0.6) is 0 Å². The van der Waals surface area contributed by atoms with Crippen molar-refractivity contribution in [2.24, 2.45) is 5.92 Å². The minimum atomic E-state index is -4.43. The van der Waals surface area contributed by atoms with E-state index in [0.717, 1.165) is 17.8 Å². The molecule has 1 unspecified atom stereocenters. The summed E-state index contributed by atoms with van der Waals surface area (Å²) in [5.41, 5.74) is 1.18. The van der Waals surface area contributed by atoms with Crippen LogP contribution in [-0.4, -0.2) is 32.5 Å². The van der Waals surface area contributed by atoms with Crippen molar-refractivity contribution in [1.29, 1.82) is 0 Å². The zero-order valence-electron chi connectivity index (χ0n) is 15.5. The molecule has 1 atom stereocenters. The molecule has 5 nitrogen and oxygen atoms in total. The first-order chi connectivity index (χ1) is 13.1. The Kier molecular flexibility index (Phi) is 5.31.